The van der Waals surface area contributed by atoms with Crippen LogP contribution < -0.4 is 5.32 Å². The third-order valence-electron chi connectivity index (χ3n) is 4.88. The number of nitrogens with zero attached hydrogens (tertiary/aromatic N) is 2. The van der Waals surface area contributed by atoms with Gasteiger partial charge in [0.1, 0.15) is 11.6 Å². The molecule has 0 unspecified atom stereocenters. The zero-order valence-electron chi connectivity index (χ0n) is 15.2. The molecule has 2 aromatic heterocycles. The molecule has 142 valence electrons. The molecule has 0 radical (unpaired) electrons. The van der Waals surface area contributed by atoms with Crippen molar-refractivity contribution in [1.82, 2.24) is 20.2 Å². The molecule has 0 saturated carbocycles. The second kappa shape index (κ2) is 8.37. The normalized spacial score (nSPS) is 16.4. The van der Waals surface area contributed by atoms with Crippen LogP contribution in [0.15, 0.2) is 47.1 Å². The number of aryl methyl sites for hydroxylation is 1. The summed E-state index contributed by atoms with van der Waals surface area (Å²) in [5, 5.41) is 3.05. The van der Waals surface area contributed by atoms with Gasteiger partial charge in [0.25, 0.3) is 0 Å². The molecule has 7 heteroatoms. The standard InChI is InChI=1S/C20H24N4O3/c25-20(8-7-19-22-15-4-1-2-5-16(15)23-19)21-14-17(18-6-3-11-27-18)24-9-12-26-13-10-24/h1-6,11,17H,7-10,12-14H2,(H,21,25)(H,22,23)/t17-/m1/s1. The highest BCUT2D eigenvalue weighted by Crippen LogP contribution is 2.21. The summed E-state index contributed by atoms with van der Waals surface area (Å²) in [6.07, 6.45) is 2.66. The van der Waals surface area contributed by atoms with Crippen LogP contribution in [-0.2, 0) is 16.0 Å². The molecule has 0 aliphatic carbocycles. The van der Waals surface area contributed by atoms with E-state index in [0.717, 1.165) is 35.7 Å². The van der Waals surface area contributed by atoms with E-state index in [1.54, 1.807) is 6.26 Å². The Hall–Kier alpha value is -2.64. The number of fused-ring (bicyclic) bond motifs is 1. The monoisotopic (exact) mass is 368 g/mol. The van der Waals surface area contributed by atoms with E-state index in [1.807, 2.05) is 36.4 Å². The van der Waals surface area contributed by atoms with E-state index in [1.165, 1.54) is 0 Å². The highest BCUT2D eigenvalue weighted by Gasteiger charge is 2.25. The highest BCUT2D eigenvalue weighted by molar-refractivity contribution is 5.77. The van der Waals surface area contributed by atoms with Gasteiger partial charge in [-0.15, -0.1) is 0 Å². The third kappa shape index (κ3) is 4.37. The lowest BCUT2D eigenvalue weighted by Crippen LogP contribution is -2.43. The fourth-order valence-corrected chi connectivity index (χ4v) is 3.43. The summed E-state index contributed by atoms with van der Waals surface area (Å²) in [6, 6.07) is 11.7. The van der Waals surface area contributed by atoms with Crippen LogP contribution in [0.25, 0.3) is 11.0 Å². The van der Waals surface area contributed by atoms with Crippen molar-refractivity contribution in [3.8, 4) is 0 Å². The molecule has 1 aliphatic rings. The van der Waals surface area contributed by atoms with Crippen LogP contribution in [0.1, 0.15) is 24.0 Å². The summed E-state index contributed by atoms with van der Waals surface area (Å²) in [6.45, 7) is 3.60. The Kier molecular flexibility index (Phi) is 5.50. The average Bonchev–Trinajstić information content (AvgIpc) is 3.37. The van der Waals surface area contributed by atoms with Gasteiger partial charge >= 0.3 is 0 Å². The van der Waals surface area contributed by atoms with Crippen LogP contribution in [0.4, 0.5) is 0 Å². The van der Waals surface area contributed by atoms with Crippen molar-refractivity contribution in [1.29, 1.82) is 0 Å². The van der Waals surface area contributed by atoms with Crippen LogP contribution in [0.5, 0.6) is 0 Å². The van der Waals surface area contributed by atoms with Crippen molar-refractivity contribution in [3.63, 3.8) is 0 Å². The van der Waals surface area contributed by atoms with Crippen LogP contribution in [-0.4, -0.2) is 53.6 Å². The van der Waals surface area contributed by atoms with Crippen molar-refractivity contribution in [2.45, 2.75) is 18.9 Å². The average molecular weight is 368 g/mol. The molecular weight excluding hydrogens is 344 g/mol. The fraction of sp³-hybridized carbons (Fsp3) is 0.400. The topological polar surface area (TPSA) is 83.4 Å². The molecule has 1 amide bonds. The first-order valence-corrected chi connectivity index (χ1v) is 9.35. The Balaban J connectivity index is 1.32. The number of ether oxygens (including phenoxy) is 1. The van der Waals surface area contributed by atoms with Gasteiger partial charge in [-0.3, -0.25) is 9.69 Å². The van der Waals surface area contributed by atoms with E-state index >= 15 is 0 Å². The summed E-state index contributed by atoms with van der Waals surface area (Å²) in [5.74, 6) is 1.72. The van der Waals surface area contributed by atoms with Crippen molar-refractivity contribution in [2.75, 3.05) is 32.8 Å². The van der Waals surface area contributed by atoms with E-state index in [4.69, 9.17) is 9.15 Å². The van der Waals surface area contributed by atoms with Gasteiger partial charge in [-0.1, -0.05) is 12.1 Å². The Morgan fingerprint density at radius 3 is 2.85 bits per heavy atom. The Morgan fingerprint density at radius 2 is 2.07 bits per heavy atom. The summed E-state index contributed by atoms with van der Waals surface area (Å²) < 4.78 is 11.0. The molecule has 3 aromatic rings. The summed E-state index contributed by atoms with van der Waals surface area (Å²) in [4.78, 5) is 22.4. The van der Waals surface area contributed by atoms with Crippen LogP contribution in [0.2, 0.25) is 0 Å². The van der Waals surface area contributed by atoms with Crippen molar-refractivity contribution < 1.29 is 13.9 Å². The van der Waals surface area contributed by atoms with Crippen LogP contribution >= 0.6 is 0 Å². The number of carbonyl (C=O) groups is 1. The number of nitrogens with one attached hydrogen (secondary N) is 2. The summed E-state index contributed by atoms with van der Waals surface area (Å²) in [5.41, 5.74) is 1.93. The number of para-hydroxylation sites is 2. The zero-order chi connectivity index (χ0) is 18.5. The van der Waals surface area contributed by atoms with E-state index < -0.39 is 0 Å². The van der Waals surface area contributed by atoms with E-state index in [0.29, 0.717) is 32.6 Å². The molecule has 1 atom stereocenters. The van der Waals surface area contributed by atoms with Gasteiger partial charge in [0.05, 0.1) is 36.6 Å². The number of carbonyl (C=O) groups excluding carboxylic acids is 1. The predicted molar refractivity (Wildman–Crippen MR) is 101 cm³/mol. The van der Waals surface area contributed by atoms with Crippen molar-refractivity contribution in [3.05, 3.63) is 54.2 Å². The Bertz CT molecular complexity index is 835. The van der Waals surface area contributed by atoms with Gasteiger partial charge in [0, 0.05) is 32.5 Å². The Morgan fingerprint density at radius 1 is 1.22 bits per heavy atom. The van der Waals surface area contributed by atoms with Gasteiger partial charge in [0.2, 0.25) is 5.91 Å². The number of furan rings is 1. The number of amides is 1. The predicted octanol–water partition coefficient (Wildman–Crippen LogP) is 2.28. The van der Waals surface area contributed by atoms with Gasteiger partial charge in [-0.2, -0.15) is 0 Å². The minimum absolute atomic E-state index is 0.0141. The second-order valence-electron chi connectivity index (χ2n) is 6.68. The number of hydrogen-bond acceptors (Lipinski definition) is 5. The maximum Gasteiger partial charge on any atom is 0.220 e. The molecule has 1 fully saturated rings. The second-order valence-corrected chi connectivity index (χ2v) is 6.68. The molecule has 1 saturated heterocycles. The van der Waals surface area contributed by atoms with Gasteiger partial charge in [-0.05, 0) is 24.3 Å². The Labute approximate surface area is 157 Å². The lowest BCUT2D eigenvalue weighted by Gasteiger charge is -2.33. The number of benzene rings is 1. The molecule has 2 N–H and O–H groups in total. The molecule has 3 heterocycles. The SMILES string of the molecule is O=C(CCc1nc2ccccc2[nH]1)NC[C@H](c1ccco1)N1CCOCC1. The fourth-order valence-electron chi connectivity index (χ4n) is 3.43. The number of H-pyrrole nitrogens is 1. The number of rotatable bonds is 7. The van der Waals surface area contributed by atoms with E-state index in [2.05, 4.69) is 20.2 Å². The van der Waals surface area contributed by atoms with Gasteiger partial charge in [-0.25, -0.2) is 4.98 Å². The van der Waals surface area contributed by atoms with Crippen LogP contribution in [0.3, 0.4) is 0 Å². The maximum absolute atomic E-state index is 12.4. The molecular formula is C20H24N4O3. The quantitative estimate of drug-likeness (QED) is 0.668. The lowest BCUT2D eigenvalue weighted by atomic mass is 10.1. The first-order valence-electron chi connectivity index (χ1n) is 9.35. The summed E-state index contributed by atoms with van der Waals surface area (Å²) >= 11 is 0. The van der Waals surface area contributed by atoms with E-state index in [-0.39, 0.29) is 11.9 Å². The first kappa shape index (κ1) is 17.8. The molecule has 4 rings (SSSR count). The van der Waals surface area contributed by atoms with Gasteiger partial charge < -0.3 is 19.5 Å². The first-order chi connectivity index (χ1) is 13.3. The number of morpholine rings is 1. The lowest BCUT2D eigenvalue weighted by molar-refractivity contribution is -0.121. The third-order valence-corrected chi connectivity index (χ3v) is 4.88. The maximum atomic E-state index is 12.4. The van der Waals surface area contributed by atoms with Crippen molar-refractivity contribution >= 4 is 16.9 Å². The number of aromatic amines is 1. The number of imidazole rings is 1. The van der Waals surface area contributed by atoms with E-state index in [9.17, 15) is 4.79 Å². The largest absolute Gasteiger partial charge is 0.468 e. The minimum Gasteiger partial charge on any atom is -0.468 e. The van der Waals surface area contributed by atoms with Gasteiger partial charge in [0.15, 0.2) is 0 Å². The highest BCUT2D eigenvalue weighted by atomic mass is 16.5. The number of aromatic nitrogens is 2. The molecule has 27 heavy (non-hydrogen) atoms. The molecule has 7 nitrogen and oxygen atoms in total. The smallest absolute Gasteiger partial charge is 0.220 e. The van der Waals surface area contributed by atoms with Crippen LogP contribution in [0, 0.1) is 0 Å². The molecule has 1 aliphatic heterocycles. The molecule has 0 spiro atoms. The zero-order valence-corrected chi connectivity index (χ0v) is 15.2. The number of hydrogen-bond donors (Lipinski definition) is 2. The molecule has 0 bridgehead atoms. The molecule has 1 aromatic carbocycles. The summed E-state index contributed by atoms with van der Waals surface area (Å²) in [7, 11) is 0. The minimum atomic E-state index is 0.0141. The van der Waals surface area contributed by atoms with Crippen molar-refractivity contribution in [2.24, 2.45) is 0 Å².